The van der Waals surface area contributed by atoms with E-state index in [9.17, 15) is 24.6 Å². The molecule has 1 amide bonds. The zero-order valence-corrected chi connectivity index (χ0v) is 15.8. The standard InChI is InChI=1S/C19H32N2O5/c1-3-4-5-9-14(18(23)24)20-12(2)17(22)21-15-10-7-6-8-13(15)11-16(21)19(25)26/h12-16,20H,3-11H2,1-2H3,(H,23,24)(H,25,26)/t12-,13-,14-,15-,16-/m0/s1. The van der Waals surface area contributed by atoms with Gasteiger partial charge in [0.1, 0.15) is 12.1 Å². The van der Waals surface area contributed by atoms with Gasteiger partial charge in [-0.1, -0.05) is 39.0 Å². The number of carboxylic acid groups (broad SMARTS) is 2. The number of aliphatic carboxylic acids is 2. The molecule has 1 aliphatic carbocycles. The summed E-state index contributed by atoms with van der Waals surface area (Å²) in [4.78, 5) is 37.7. The number of likely N-dealkylation sites (tertiary alicyclic amines) is 1. The van der Waals surface area contributed by atoms with Gasteiger partial charge in [-0.3, -0.25) is 14.9 Å². The highest BCUT2D eigenvalue weighted by atomic mass is 16.4. The summed E-state index contributed by atoms with van der Waals surface area (Å²) in [7, 11) is 0. The summed E-state index contributed by atoms with van der Waals surface area (Å²) in [6, 6.07) is -2.30. The van der Waals surface area contributed by atoms with Gasteiger partial charge in [0.05, 0.1) is 6.04 Å². The maximum Gasteiger partial charge on any atom is 0.326 e. The average molecular weight is 368 g/mol. The first-order valence-electron chi connectivity index (χ1n) is 9.90. The lowest BCUT2D eigenvalue weighted by molar-refractivity contribution is -0.151. The van der Waals surface area contributed by atoms with Crippen LogP contribution in [0.1, 0.15) is 71.6 Å². The van der Waals surface area contributed by atoms with E-state index >= 15 is 0 Å². The van der Waals surface area contributed by atoms with Gasteiger partial charge in [-0.25, -0.2) is 4.79 Å². The van der Waals surface area contributed by atoms with Gasteiger partial charge in [0.15, 0.2) is 0 Å². The highest BCUT2D eigenvalue weighted by molar-refractivity contribution is 5.88. The lowest BCUT2D eigenvalue weighted by Crippen LogP contribution is -2.55. The molecule has 0 radical (unpaired) electrons. The number of amides is 1. The van der Waals surface area contributed by atoms with Crippen LogP contribution in [0.3, 0.4) is 0 Å². The van der Waals surface area contributed by atoms with Crippen LogP contribution in [0.4, 0.5) is 0 Å². The molecule has 0 aromatic carbocycles. The summed E-state index contributed by atoms with van der Waals surface area (Å²) in [5.41, 5.74) is 0. The molecule has 2 fully saturated rings. The largest absolute Gasteiger partial charge is 0.480 e. The fourth-order valence-electron chi connectivity index (χ4n) is 4.47. The molecule has 0 spiro atoms. The minimum absolute atomic E-state index is 0.0232. The number of fused-ring (bicyclic) bond motifs is 1. The van der Waals surface area contributed by atoms with Crippen molar-refractivity contribution < 1.29 is 24.6 Å². The lowest BCUT2D eigenvalue weighted by atomic mass is 9.84. The van der Waals surface area contributed by atoms with Crippen molar-refractivity contribution in [2.75, 3.05) is 0 Å². The van der Waals surface area contributed by atoms with Gasteiger partial charge in [0, 0.05) is 6.04 Å². The van der Waals surface area contributed by atoms with Crippen molar-refractivity contribution in [1.82, 2.24) is 10.2 Å². The Balaban J connectivity index is 2.06. The van der Waals surface area contributed by atoms with Crippen molar-refractivity contribution in [3.05, 3.63) is 0 Å². The highest BCUT2D eigenvalue weighted by Gasteiger charge is 2.48. The fraction of sp³-hybridized carbons (Fsp3) is 0.842. The zero-order chi connectivity index (χ0) is 19.3. The van der Waals surface area contributed by atoms with E-state index in [2.05, 4.69) is 12.2 Å². The molecular formula is C19H32N2O5. The molecule has 7 heteroatoms. The Hall–Kier alpha value is -1.63. The Morgan fingerprint density at radius 1 is 1.15 bits per heavy atom. The Morgan fingerprint density at radius 2 is 1.85 bits per heavy atom. The third-order valence-electron chi connectivity index (χ3n) is 5.84. The summed E-state index contributed by atoms with van der Waals surface area (Å²) in [6.45, 7) is 3.70. The van der Waals surface area contributed by atoms with E-state index in [1.54, 1.807) is 6.92 Å². The van der Waals surface area contributed by atoms with Crippen LogP contribution in [0.2, 0.25) is 0 Å². The van der Waals surface area contributed by atoms with Gasteiger partial charge in [0.25, 0.3) is 0 Å². The molecule has 0 aromatic rings. The molecule has 3 N–H and O–H groups in total. The van der Waals surface area contributed by atoms with E-state index < -0.39 is 30.1 Å². The smallest absolute Gasteiger partial charge is 0.326 e. The van der Waals surface area contributed by atoms with Crippen LogP contribution in [0, 0.1) is 5.92 Å². The summed E-state index contributed by atoms with van der Waals surface area (Å²) in [5, 5.41) is 21.9. The van der Waals surface area contributed by atoms with Gasteiger partial charge in [0.2, 0.25) is 5.91 Å². The van der Waals surface area contributed by atoms with E-state index in [-0.39, 0.29) is 17.9 Å². The molecule has 2 aliphatic rings. The Bertz CT molecular complexity index is 524. The average Bonchev–Trinajstić information content (AvgIpc) is 2.99. The predicted molar refractivity (Wildman–Crippen MR) is 96.8 cm³/mol. The number of carbonyl (C=O) groups is 3. The first kappa shape index (κ1) is 20.7. The molecule has 1 saturated carbocycles. The third-order valence-corrected chi connectivity index (χ3v) is 5.84. The van der Waals surface area contributed by atoms with Gasteiger partial charge in [-0.2, -0.15) is 0 Å². The van der Waals surface area contributed by atoms with Gasteiger partial charge >= 0.3 is 11.9 Å². The topological polar surface area (TPSA) is 107 Å². The molecule has 1 heterocycles. The van der Waals surface area contributed by atoms with Gasteiger partial charge in [-0.15, -0.1) is 0 Å². The highest BCUT2D eigenvalue weighted by Crippen LogP contribution is 2.40. The van der Waals surface area contributed by atoms with E-state index in [4.69, 9.17) is 0 Å². The van der Waals surface area contributed by atoms with Crippen molar-refractivity contribution >= 4 is 17.8 Å². The van der Waals surface area contributed by atoms with Crippen LogP contribution in [0.15, 0.2) is 0 Å². The molecular weight excluding hydrogens is 336 g/mol. The predicted octanol–water partition coefficient (Wildman–Crippen LogP) is 2.24. The molecule has 1 saturated heterocycles. The molecule has 148 valence electrons. The lowest BCUT2D eigenvalue weighted by Gasteiger charge is -2.35. The second-order valence-electron chi connectivity index (χ2n) is 7.72. The summed E-state index contributed by atoms with van der Waals surface area (Å²) in [5.74, 6) is -1.96. The molecule has 7 nitrogen and oxygen atoms in total. The van der Waals surface area contributed by atoms with Gasteiger partial charge in [-0.05, 0) is 38.5 Å². The Morgan fingerprint density at radius 3 is 2.46 bits per heavy atom. The zero-order valence-electron chi connectivity index (χ0n) is 15.8. The number of hydrogen-bond acceptors (Lipinski definition) is 4. The Kier molecular flexibility index (Phi) is 7.43. The number of carboxylic acids is 2. The molecule has 0 unspecified atom stereocenters. The van der Waals surface area contributed by atoms with Crippen LogP contribution >= 0.6 is 0 Å². The summed E-state index contributed by atoms with van der Waals surface area (Å²) >= 11 is 0. The van der Waals surface area contributed by atoms with Crippen molar-refractivity contribution in [2.24, 2.45) is 5.92 Å². The molecule has 26 heavy (non-hydrogen) atoms. The fourth-order valence-corrected chi connectivity index (χ4v) is 4.47. The molecule has 0 aromatic heterocycles. The van der Waals surface area contributed by atoms with Gasteiger partial charge < -0.3 is 15.1 Å². The van der Waals surface area contributed by atoms with Crippen molar-refractivity contribution in [1.29, 1.82) is 0 Å². The normalized spacial score (nSPS) is 27.6. The SMILES string of the molecule is CCCCC[C@H](N[C@@H](C)C(=O)N1[C@H](C(=O)O)C[C@@H]2CCCC[C@@H]21)C(=O)O. The van der Waals surface area contributed by atoms with Crippen LogP contribution in [0.5, 0.6) is 0 Å². The second kappa shape index (κ2) is 9.35. The molecule has 0 bridgehead atoms. The van der Waals surface area contributed by atoms with Crippen molar-refractivity contribution in [3.63, 3.8) is 0 Å². The minimum atomic E-state index is -0.965. The number of hydrogen-bond donors (Lipinski definition) is 3. The van der Waals surface area contributed by atoms with Crippen LogP contribution < -0.4 is 5.32 Å². The molecule has 5 atom stereocenters. The maximum absolute atomic E-state index is 13.0. The number of rotatable bonds is 9. The molecule has 2 rings (SSSR count). The molecule has 1 aliphatic heterocycles. The number of unbranched alkanes of at least 4 members (excludes halogenated alkanes) is 2. The number of nitrogens with zero attached hydrogens (tertiary/aromatic N) is 1. The quantitative estimate of drug-likeness (QED) is 0.539. The number of nitrogens with one attached hydrogen (secondary N) is 1. The van der Waals surface area contributed by atoms with E-state index in [1.807, 2.05) is 0 Å². The minimum Gasteiger partial charge on any atom is -0.480 e. The van der Waals surface area contributed by atoms with Crippen LogP contribution in [-0.4, -0.2) is 57.1 Å². The third kappa shape index (κ3) is 4.75. The summed E-state index contributed by atoms with van der Waals surface area (Å²) < 4.78 is 0. The second-order valence-corrected chi connectivity index (χ2v) is 7.72. The maximum atomic E-state index is 13.0. The first-order valence-corrected chi connectivity index (χ1v) is 9.90. The van der Waals surface area contributed by atoms with Crippen molar-refractivity contribution in [3.8, 4) is 0 Å². The van der Waals surface area contributed by atoms with Crippen LogP contribution in [0.25, 0.3) is 0 Å². The van der Waals surface area contributed by atoms with E-state index in [1.165, 1.54) is 4.90 Å². The summed E-state index contributed by atoms with van der Waals surface area (Å²) in [6.07, 6.45) is 7.61. The van der Waals surface area contributed by atoms with Crippen molar-refractivity contribution in [2.45, 2.75) is 95.8 Å². The first-order chi connectivity index (χ1) is 12.4. The van der Waals surface area contributed by atoms with Crippen LogP contribution in [-0.2, 0) is 14.4 Å². The van der Waals surface area contributed by atoms with E-state index in [0.717, 1.165) is 44.9 Å². The Labute approximate surface area is 155 Å². The number of carbonyl (C=O) groups excluding carboxylic acids is 1. The van der Waals surface area contributed by atoms with E-state index in [0.29, 0.717) is 12.8 Å². The monoisotopic (exact) mass is 368 g/mol.